The van der Waals surface area contributed by atoms with Crippen molar-refractivity contribution in [3.8, 4) is 0 Å². The van der Waals surface area contributed by atoms with Crippen molar-refractivity contribution < 1.29 is 28.6 Å². The molecular formula is C70H130O6. The monoisotopic (exact) mass is 1070 g/mol. The Kier molecular flexibility index (Phi) is 63.1. The average Bonchev–Trinajstić information content (AvgIpc) is 3.42. The van der Waals surface area contributed by atoms with E-state index in [4.69, 9.17) is 14.2 Å². The molecule has 76 heavy (non-hydrogen) atoms. The van der Waals surface area contributed by atoms with E-state index in [9.17, 15) is 14.4 Å². The summed E-state index contributed by atoms with van der Waals surface area (Å²) in [5, 5.41) is 0. The van der Waals surface area contributed by atoms with Gasteiger partial charge in [0.15, 0.2) is 6.10 Å². The second-order valence-electron chi connectivity index (χ2n) is 23.1. The molecule has 6 heteroatoms. The Morgan fingerprint density at radius 3 is 0.803 bits per heavy atom. The molecule has 0 aromatic rings. The molecule has 0 fully saturated rings. The predicted molar refractivity (Wildman–Crippen MR) is 330 cm³/mol. The Morgan fingerprint density at radius 1 is 0.276 bits per heavy atom. The lowest BCUT2D eigenvalue weighted by molar-refractivity contribution is -0.167. The van der Waals surface area contributed by atoms with Gasteiger partial charge in [-0.2, -0.15) is 0 Å². The highest BCUT2D eigenvalue weighted by Gasteiger charge is 2.19. The summed E-state index contributed by atoms with van der Waals surface area (Å²) < 4.78 is 17.0. The van der Waals surface area contributed by atoms with Crippen molar-refractivity contribution in [2.45, 2.75) is 380 Å². The first kappa shape index (κ1) is 73.6. The lowest BCUT2D eigenvalue weighted by Gasteiger charge is -2.18. The highest BCUT2D eigenvalue weighted by atomic mass is 16.6. The minimum atomic E-state index is -0.775. The van der Waals surface area contributed by atoms with E-state index < -0.39 is 6.10 Å². The summed E-state index contributed by atoms with van der Waals surface area (Å²) >= 11 is 0. The molecule has 0 radical (unpaired) electrons. The SMILES string of the molecule is CC/C=C\C/C=C\C/C=C\CCCCCCCCCC(=O)OC(COC(=O)CCCCCCCCCCCCCCCCC)COC(=O)CCCCCCCCCCCCCCCCCCCCCCCCCCCC. The number of carbonyl (C=O) groups excluding carboxylic acids is 3. The van der Waals surface area contributed by atoms with E-state index in [0.29, 0.717) is 19.3 Å². The van der Waals surface area contributed by atoms with Gasteiger partial charge in [0.05, 0.1) is 0 Å². The van der Waals surface area contributed by atoms with Gasteiger partial charge in [0.25, 0.3) is 0 Å². The molecule has 0 rings (SSSR count). The van der Waals surface area contributed by atoms with Crippen molar-refractivity contribution in [3.63, 3.8) is 0 Å². The lowest BCUT2D eigenvalue weighted by atomic mass is 10.0. The van der Waals surface area contributed by atoms with Gasteiger partial charge in [-0.3, -0.25) is 14.4 Å². The maximum absolute atomic E-state index is 12.9. The number of ether oxygens (including phenoxy) is 3. The van der Waals surface area contributed by atoms with Crippen molar-refractivity contribution in [2.75, 3.05) is 13.2 Å². The standard InChI is InChI=1S/C70H130O6/c1-4-7-10-13-16-19-22-25-28-30-31-32-33-34-35-36-37-38-40-42-45-48-51-54-57-60-63-69(72)75-66-67(65-74-68(71)62-59-56-53-50-47-44-41-27-24-21-18-15-12-9-6-3)76-70(73)64-61-58-55-52-49-46-43-39-29-26-23-20-17-14-11-8-5-2/h8,11,17,20,26,29,67H,4-7,9-10,12-16,18-19,21-25,27-28,30-66H2,1-3H3/b11-8-,20-17-,29-26-. The maximum Gasteiger partial charge on any atom is 0.306 e. The molecule has 0 aliphatic rings. The molecule has 0 saturated carbocycles. The summed E-state index contributed by atoms with van der Waals surface area (Å²) in [6, 6.07) is 0. The van der Waals surface area contributed by atoms with Crippen LogP contribution in [0.15, 0.2) is 36.5 Å². The van der Waals surface area contributed by atoms with Crippen LogP contribution < -0.4 is 0 Å². The highest BCUT2D eigenvalue weighted by molar-refractivity contribution is 5.71. The summed E-state index contributed by atoms with van der Waals surface area (Å²) in [5.74, 6) is -0.852. The quantitative estimate of drug-likeness (QED) is 0.0261. The van der Waals surface area contributed by atoms with Gasteiger partial charge in [0.1, 0.15) is 13.2 Å². The molecule has 0 aromatic heterocycles. The van der Waals surface area contributed by atoms with Gasteiger partial charge in [0.2, 0.25) is 0 Å². The van der Waals surface area contributed by atoms with Crippen LogP contribution in [0.25, 0.3) is 0 Å². The molecule has 1 atom stereocenters. The Labute approximate surface area is 474 Å². The van der Waals surface area contributed by atoms with E-state index in [2.05, 4.69) is 57.2 Å². The Balaban J connectivity index is 4.23. The van der Waals surface area contributed by atoms with Crippen LogP contribution in [-0.2, 0) is 28.6 Å². The normalized spacial score (nSPS) is 12.2. The molecule has 0 N–H and O–H groups in total. The fraction of sp³-hybridized carbons (Fsp3) is 0.871. The van der Waals surface area contributed by atoms with Gasteiger partial charge in [-0.05, 0) is 51.4 Å². The van der Waals surface area contributed by atoms with E-state index in [1.54, 1.807) is 0 Å². The maximum atomic E-state index is 12.9. The summed E-state index contributed by atoms with van der Waals surface area (Å²) in [4.78, 5) is 38.4. The molecule has 0 heterocycles. The van der Waals surface area contributed by atoms with Crippen LogP contribution in [0.4, 0.5) is 0 Å². The van der Waals surface area contributed by atoms with Crippen molar-refractivity contribution in [1.82, 2.24) is 0 Å². The van der Waals surface area contributed by atoms with E-state index in [1.165, 1.54) is 250 Å². The molecular weight excluding hydrogens is 937 g/mol. The molecule has 0 bridgehead atoms. The molecule has 0 amide bonds. The molecule has 0 aromatic carbocycles. The molecule has 0 aliphatic carbocycles. The van der Waals surface area contributed by atoms with Crippen LogP contribution in [-0.4, -0.2) is 37.2 Å². The van der Waals surface area contributed by atoms with E-state index >= 15 is 0 Å². The van der Waals surface area contributed by atoms with Crippen LogP contribution in [0.2, 0.25) is 0 Å². The first-order valence-electron chi connectivity index (χ1n) is 34.0. The Hall–Kier alpha value is -2.37. The van der Waals surface area contributed by atoms with Crippen molar-refractivity contribution >= 4 is 17.9 Å². The summed E-state index contributed by atoms with van der Waals surface area (Å²) in [6.45, 7) is 6.60. The number of allylic oxidation sites excluding steroid dienone is 6. The number of esters is 3. The zero-order valence-corrected chi connectivity index (χ0v) is 51.3. The van der Waals surface area contributed by atoms with E-state index in [0.717, 1.165) is 83.5 Å². The number of hydrogen-bond donors (Lipinski definition) is 0. The topological polar surface area (TPSA) is 78.9 Å². The summed E-state index contributed by atoms with van der Waals surface area (Å²) in [7, 11) is 0. The number of hydrogen-bond acceptors (Lipinski definition) is 6. The third-order valence-corrected chi connectivity index (χ3v) is 15.4. The molecule has 1 unspecified atom stereocenters. The minimum Gasteiger partial charge on any atom is -0.462 e. The lowest BCUT2D eigenvalue weighted by Crippen LogP contribution is -2.30. The van der Waals surface area contributed by atoms with Gasteiger partial charge in [-0.15, -0.1) is 0 Å². The molecule has 0 aliphatic heterocycles. The third-order valence-electron chi connectivity index (χ3n) is 15.4. The molecule has 0 saturated heterocycles. The third kappa shape index (κ3) is 62.5. The zero-order valence-electron chi connectivity index (χ0n) is 51.3. The number of unbranched alkanes of at least 4 members (excludes halogenated alkanes) is 46. The van der Waals surface area contributed by atoms with Crippen molar-refractivity contribution in [1.29, 1.82) is 0 Å². The van der Waals surface area contributed by atoms with Gasteiger partial charge in [0, 0.05) is 19.3 Å². The van der Waals surface area contributed by atoms with E-state index in [1.807, 2.05) is 0 Å². The van der Waals surface area contributed by atoms with Crippen LogP contribution in [0.3, 0.4) is 0 Å². The molecule has 0 spiro atoms. The van der Waals surface area contributed by atoms with Gasteiger partial charge in [-0.1, -0.05) is 340 Å². The zero-order chi connectivity index (χ0) is 55.0. The van der Waals surface area contributed by atoms with Crippen molar-refractivity contribution in [2.24, 2.45) is 0 Å². The van der Waals surface area contributed by atoms with Crippen LogP contribution in [0.1, 0.15) is 374 Å². The smallest absolute Gasteiger partial charge is 0.306 e. The Bertz CT molecular complexity index is 1270. The minimum absolute atomic E-state index is 0.0706. The highest BCUT2D eigenvalue weighted by Crippen LogP contribution is 2.19. The van der Waals surface area contributed by atoms with Gasteiger partial charge < -0.3 is 14.2 Å². The van der Waals surface area contributed by atoms with E-state index in [-0.39, 0.29) is 31.1 Å². The number of rotatable bonds is 63. The molecule has 6 nitrogen and oxygen atoms in total. The van der Waals surface area contributed by atoms with Gasteiger partial charge >= 0.3 is 17.9 Å². The first-order valence-corrected chi connectivity index (χ1v) is 34.0. The van der Waals surface area contributed by atoms with Crippen molar-refractivity contribution in [3.05, 3.63) is 36.5 Å². The summed E-state index contributed by atoms with van der Waals surface area (Å²) in [5.41, 5.74) is 0. The first-order chi connectivity index (χ1) is 37.5. The second kappa shape index (κ2) is 65.2. The van der Waals surface area contributed by atoms with Crippen LogP contribution in [0.5, 0.6) is 0 Å². The summed E-state index contributed by atoms with van der Waals surface area (Å²) in [6.07, 6.45) is 80.3. The second-order valence-corrected chi connectivity index (χ2v) is 23.1. The molecule has 446 valence electrons. The van der Waals surface area contributed by atoms with Crippen LogP contribution >= 0.6 is 0 Å². The largest absolute Gasteiger partial charge is 0.462 e. The fourth-order valence-electron chi connectivity index (χ4n) is 10.3. The van der Waals surface area contributed by atoms with Gasteiger partial charge in [-0.25, -0.2) is 0 Å². The Morgan fingerprint density at radius 2 is 0.513 bits per heavy atom. The fourth-order valence-corrected chi connectivity index (χ4v) is 10.3. The average molecular weight is 1070 g/mol. The number of carbonyl (C=O) groups is 3. The van der Waals surface area contributed by atoms with Crippen LogP contribution in [0, 0.1) is 0 Å². The predicted octanol–water partition coefficient (Wildman–Crippen LogP) is 23.2.